The summed E-state index contributed by atoms with van der Waals surface area (Å²) in [5.41, 5.74) is 7.08. The van der Waals surface area contributed by atoms with E-state index in [0.29, 0.717) is 22.1 Å². The maximum atomic E-state index is 12.7. The van der Waals surface area contributed by atoms with E-state index in [1.165, 1.54) is 30.8 Å². The van der Waals surface area contributed by atoms with Crippen molar-refractivity contribution in [1.29, 1.82) is 0 Å². The molecule has 2 amide bonds. The highest BCUT2D eigenvalue weighted by Crippen LogP contribution is 2.16. The van der Waals surface area contributed by atoms with Gasteiger partial charge in [0.15, 0.2) is 11.2 Å². The van der Waals surface area contributed by atoms with Crippen molar-refractivity contribution >= 4 is 70.4 Å². The van der Waals surface area contributed by atoms with Gasteiger partial charge in [0.1, 0.15) is 5.58 Å². The van der Waals surface area contributed by atoms with Gasteiger partial charge >= 0.3 is 13.0 Å². The summed E-state index contributed by atoms with van der Waals surface area (Å²) in [6, 6.07) is 21.5. The van der Waals surface area contributed by atoms with Crippen LogP contribution in [0.1, 0.15) is 43.2 Å². The van der Waals surface area contributed by atoms with E-state index in [2.05, 4.69) is 60.5 Å². The Morgan fingerprint density at radius 1 is 0.844 bits per heavy atom. The molecule has 0 bridgehead atoms. The number of hydrogen-bond acceptors (Lipinski definition) is 9. The van der Waals surface area contributed by atoms with Crippen molar-refractivity contribution in [1.82, 2.24) is 15.8 Å². The van der Waals surface area contributed by atoms with E-state index >= 15 is 0 Å². The van der Waals surface area contributed by atoms with E-state index in [0.717, 1.165) is 15.2 Å². The SMILES string of the molecule is O=C(N/N=C/c1cc(/C=N/NC(=O)c2cc(=O)c3cc(I)ccc3o2)cc(B(O)O)c1)c1cncc(C#Cc2ccccc2)c1. The first-order valence-corrected chi connectivity index (χ1v) is 14.3. The van der Waals surface area contributed by atoms with Crippen molar-refractivity contribution in [2.45, 2.75) is 0 Å². The number of aromatic nitrogens is 1. The van der Waals surface area contributed by atoms with E-state index in [9.17, 15) is 24.4 Å². The standard InChI is InChI=1S/C32H21BIN5O6/c34-26-8-9-29-27(14-26)28(40)15-30(45-29)32(42)39-37-18-23-10-22(12-25(13-23)33(43)44)17-36-38-31(41)24-11-21(16-35-19-24)7-6-20-4-2-1-3-5-20/h1-5,8-19,43-44H,(H,38,41)(H,39,42)/b36-17+,37-18+. The van der Waals surface area contributed by atoms with Crippen LogP contribution in [0, 0.1) is 15.4 Å². The maximum absolute atomic E-state index is 12.7. The summed E-state index contributed by atoms with van der Waals surface area (Å²) >= 11 is 2.07. The molecule has 0 aliphatic rings. The highest BCUT2D eigenvalue weighted by molar-refractivity contribution is 14.1. The number of pyridine rings is 1. The summed E-state index contributed by atoms with van der Waals surface area (Å²) in [7, 11) is -1.81. The van der Waals surface area contributed by atoms with Crippen LogP contribution >= 0.6 is 22.6 Å². The lowest BCUT2D eigenvalue weighted by Crippen LogP contribution is -2.30. The van der Waals surface area contributed by atoms with Gasteiger partial charge in [0.2, 0.25) is 0 Å². The molecule has 13 heteroatoms. The number of benzene rings is 3. The number of halogens is 1. The zero-order valence-corrected chi connectivity index (χ0v) is 25.3. The van der Waals surface area contributed by atoms with Gasteiger partial charge in [-0.2, -0.15) is 10.2 Å². The van der Waals surface area contributed by atoms with Gasteiger partial charge < -0.3 is 14.5 Å². The van der Waals surface area contributed by atoms with Gasteiger partial charge in [-0.05, 0) is 81.6 Å². The Kier molecular flexibility index (Phi) is 9.90. The van der Waals surface area contributed by atoms with Crippen molar-refractivity contribution in [3.8, 4) is 11.8 Å². The van der Waals surface area contributed by atoms with Crippen LogP contribution < -0.4 is 21.7 Å². The lowest BCUT2D eigenvalue weighted by molar-refractivity contribution is 0.0926. The van der Waals surface area contributed by atoms with Crippen LogP contribution in [0.2, 0.25) is 0 Å². The minimum Gasteiger partial charge on any atom is -0.451 e. The summed E-state index contributed by atoms with van der Waals surface area (Å²) in [4.78, 5) is 41.7. The molecule has 2 heterocycles. The quantitative estimate of drug-likeness (QED) is 0.0663. The average molecular weight is 709 g/mol. The zero-order chi connectivity index (χ0) is 31.8. The monoisotopic (exact) mass is 709 g/mol. The van der Waals surface area contributed by atoms with Gasteiger partial charge in [0, 0.05) is 33.2 Å². The fourth-order valence-corrected chi connectivity index (χ4v) is 4.48. The zero-order valence-electron chi connectivity index (χ0n) is 23.1. The summed E-state index contributed by atoms with van der Waals surface area (Å²) in [6.07, 6.45) is 5.49. The number of hydrazone groups is 2. The Morgan fingerprint density at radius 2 is 1.53 bits per heavy atom. The molecular formula is C32H21BIN5O6. The second-order valence-corrected chi connectivity index (χ2v) is 10.6. The molecule has 0 unspecified atom stereocenters. The Labute approximate surface area is 270 Å². The molecule has 220 valence electrons. The number of amides is 2. The van der Waals surface area contributed by atoms with Crippen molar-refractivity contribution in [3.63, 3.8) is 0 Å². The number of carbonyl (C=O) groups excluding carboxylic acids is 2. The number of carbonyl (C=O) groups is 2. The van der Waals surface area contributed by atoms with E-state index < -0.39 is 18.9 Å². The van der Waals surface area contributed by atoms with Gasteiger partial charge in [-0.1, -0.05) is 42.2 Å². The number of nitrogens with one attached hydrogen (secondary N) is 2. The third-order valence-electron chi connectivity index (χ3n) is 6.10. The second kappa shape index (κ2) is 14.4. The Morgan fingerprint density at radius 3 is 2.24 bits per heavy atom. The molecule has 5 rings (SSSR count). The molecule has 11 nitrogen and oxygen atoms in total. The van der Waals surface area contributed by atoms with Gasteiger partial charge in [0.05, 0.1) is 23.4 Å². The molecule has 0 saturated carbocycles. The van der Waals surface area contributed by atoms with Gasteiger partial charge in [0.25, 0.3) is 5.91 Å². The van der Waals surface area contributed by atoms with Crippen LogP contribution in [0.3, 0.4) is 0 Å². The fourth-order valence-electron chi connectivity index (χ4n) is 3.99. The third-order valence-corrected chi connectivity index (χ3v) is 6.77. The van der Waals surface area contributed by atoms with Crippen LogP contribution in [0.15, 0.2) is 111 Å². The molecule has 0 aliphatic carbocycles. The maximum Gasteiger partial charge on any atom is 0.488 e. The Bertz CT molecular complexity index is 2090. The van der Waals surface area contributed by atoms with Crippen molar-refractivity contribution < 1.29 is 24.1 Å². The van der Waals surface area contributed by atoms with Crippen LogP contribution in [-0.2, 0) is 0 Å². The van der Waals surface area contributed by atoms with Crippen LogP contribution in [-0.4, -0.2) is 46.4 Å². The minimum absolute atomic E-state index is 0.113. The number of rotatable bonds is 7. The van der Waals surface area contributed by atoms with Crippen LogP contribution in [0.5, 0.6) is 0 Å². The molecule has 5 aromatic rings. The predicted octanol–water partition coefficient (Wildman–Crippen LogP) is 2.40. The molecule has 2 aromatic heterocycles. The predicted molar refractivity (Wildman–Crippen MR) is 178 cm³/mol. The molecule has 0 saturated heterocycles. The second-order valence-electron chi connectivity index (χ2n) is 9.40. The Hall–Kier alpha value is -5.43. The first-order valence-electron chi connectivity index (χ1n) is 13.2. The van der Waals surface area contributed by atoms with Crippen molar-refractivity contribution in [3.05, 3.63) is 139 Å². The van der Waals surface area contributed by atoms with Crippen molar-refractivity contribution in [2.75, 3.05) is 0 Å². The lowest BCUT2D eigenvalue weighted by Gasteiger charge is -2.05. The van der Waals surface area contributed by atoms with Gasteiger partial charge in [-0.3, -0.25) is 19.4 Å². The highest BCUT2D eigenvalue weighted by Gasteiger charge is 2.14. The molecule has 0 fully saturated rings. The normalized spacial score (nSPS) is 10.9. The Balaban J connectivity index is 1.26. The highest BCUT2D eigenvalue weighted by atomic mass is 127. The summed E-state index contributed by atoms with van der Waals surface area (Å²) in [5, 5.41) is 27.7. The molecule has 0 spiro atoms. The van der Waals surface area contributed by atoms with Gasteiger partial charge in [-0.15, -0.1) is 0 Å². The number of nitrogens with zero attached hydrogens (tertiary/aromatic N) is 3. The number of hydrogen-bond donors (Lipinski definition) is 4. The van der Waals surface area contributed by atoms with E-state index in [-0.39, 0.29) is 27.8 Å². The molecule has 0 radical (unpaired) electrons. The third kappa shape index (κ3) is 8.36. The first-order chi connectivity index (χ1) is 21.7. The van der Waals surface area contributed by atoms with E-state index in [1.807, 2.05) is 30.3 Å². The first kappa shape index (κ1) is 31.0. The summed E-state index contributed by atoms with van der Waals surface area (Å²) < 4.78 is 6.40. The molecule has 3 aromatic carbocycles. The van der Waals surface area contributed by atoms with E-state index in [4.69, 9.17) is 4.42 Å². The van der Waals surface area contributed by atoms with Gasteiger partial charge in [-0.25, -0.2) is 10.9 Å². The molecule has 0 atom stereocenters. The largest absolute Gasteiger partial charge is 0.488 e. The molecular weight excluding hydrogens is 688 g/mol. The smallest absolute Gasteiger partial charge is 0.451 e. The summed E-state index contributed by atoms with van der Waals surface area (Å²) in [6.45, 7) is 0. The lowest BCUT2D eigenvalue weighted by atomic mass is 9.79. The topological polar surface area (TPSA) is 166 Å². The molecule has 45 heavy (non-hydrogen) atoms. The van der Waals surface area contributed by atoms with Crippen LogP contribution in [0.4, 0.5) is 0 Å². The average Bonchev–Trinajstić information content (AvgIpc) is 3.04. The van der Waals surface area contributed by atoms with Crippen molar-refractivity contribution in [2.24, 2.45) is 10.2 Å². The fraction of sp³-hybridized carbons (Fsp3) is 0. The molecule has 4 N–H and O–H groups in total. The minimum atomic E-state index is -1.81. The summed E-state index contributed by atoms with van der Waals surface area (Å²) in [5.74, 6) is 4.47. The van der Waals surface area contributed by atoms with Crippen LogP contribution in [0.25, 0.3) is 11.0 Å². The van der Waals surface area contributed by atoms with E-state index in [1.54, 1.807) is 36.5 Å². The number of fused-ring (bicyclic) bond motifs is 1. The molecule has 0 aliphatic heterocycles.